The Morgan fingerprint density at radius 3 is 3.00 bits per heavy atom. The first-order valence-corrected chi connectivity index (χ1v) is 6.85. The summed E-state index contributed by atoms with van der Waals surface area (Å²) in [6.07, 6.45) is 7.17. The Kier molecular flexibility index (Phi) is 2.73. The van der Waals surface area contributed by atoms with Crippen LogP contribution in [0.5, 0.6) is 0 Å². The topological polar surface area (TPSA) is 67.3 Å². The van der Waals surface area contributed by atoms with E-state index in [0.29, 0.717) is 5.92 Å². The lowest BCUT2D eigenvalue weighted by molar-refractivity contribution is -0.0613. The van der Waals surface area contributed by atoms with Crippen molar-refractivity contribution in [1.82, 2.24) is 9.78 Å². The predicted molar refractivity (Wildman–Crippen MR) is 71.4 cm³/mol. The minimum atomic E-state index is -0.432. The largest absolute Gasteiger partial charge is 0.394 e. The third kappa shape index (κ3) is 1.86. The van der Waals surface area contributed by atoms with Crippen molar-refractivity contribution >= 4 is 11.5 Å². The zero-order chi connectivity index (χ0) is 12.8. The minimum absolute atomic E-state index is 0.376. The van der Waals surface area contributed by atoms with Crippen LogP contribution in [0.2, 0.25) is 0 Å². The number of aryl methyl sites for hydroxylation is 1. The van der Waals surface area contributed by atoms with Crippen LogP contribution in [0.3, 0.4) is 0 Å². The molecule has 0 aromatic carbocycles. The summed E-state index contributed by atoms with van der Waals surface area (Å²) < 4.78 is 1.76. The van der Waals surface area contributed by atoms with Crippen molar-refractivity contribution < 1.29 is 5.11 Å². The molecule has 1 aliphatic carbocycles. The van der Waals surface area contributed by atoms with Gasteiger partial charge in [0.05, 0.1) is 11.3 Å². The summed E-state index contributed by atoms with van der Waals surface area (Å²) in [6.45, 7) is 1.74. The van der Waals surface area contributed by atoms with Gasteiger partial charge in [-0.15, -0.1) is 0 Å². The number of nitrogen functional groups attached to an aromatic ring is 1. The fourth-order valence-corrected chi connectivity index (χ4v) is 3.50. The molecule has 1 aromatic heterocycles. The monoisotopic (exact) mass is 250 g/mol. The molecule has 3 N–H and O–H groups in total. The number of nitrogens with two attached hydrogens (primary N) is 1. The number of piperidine rings is 1. The molecule has 0 bridgehead atoms. The second-order valence-electron chi connectivity index (χ2n) is 5.82. The Balaban J connectivity index is 1.79. The summed E-state index contributed by atoms with van der Waals surface area (Å²) in [6, 6.07) is 0. The molecule has 0 radical (unpaired) electrons. The average Bonchev–Trinajstić information content (AvgIpc) is 2.67. The van der Waals surface area contributed by atoms with Crippen LogP contribution < -0.4 is 10.6 Å². The molecule has 5 nitrogen and oxygen atoms in total. The third-order valence-electron chi connectivity index (χ3n) is 4.56. The number of anilines is 2. The molecule has 100 valence electrons. The molecule has 3 rings (SSSR count). The molecule has 1 aliphatic heterocycles. The maximum Gasteiger partial charge on any atom is 0.173 e. The molecule has 1 aromatic rings. The average molecular weight is 250 g/mol. The van der Waals surface area contributed by atoms with Gasteiger partial charge in [-0.2, -0.15) is 5.10 Å². The van der Waals surface area contributed by atoms with Crippen molar-refractivity contribution in [2.45, 2.75) is 37.7 Å². The zero-order valence-corrected chi connectivity index (χ0v) is 11.0. The van der Waals surface area contributed by atoms with E-state index in [1.807, 2.05) is 13.2 Å². The van der Waals surface area contributed by atoms with Gasteiger partial charge in [0.15, 0.2) is 5.82 Å². The van der Waals surface area contributed by atoms with Crippen LogP contribution in [0.4, 0.5) is 11.5 Å². The molecule has 5 heteroatoms. The van der Waals surface area contributed by atoms with Gasteiger partial charge in [-0.3, -0.25) is 4.68 Å². The first-order chi connectivity index (χ1) is 8.58. The van der Waals surface area contributed by atoms with Crippen molar-refractivity contribution in [2.75, 3.05) is 23.7 Å². The van der Waals surface area contributed by atoms with Crippen LogP contribution in [0.25, 0.3) is 0 Å². The first kappa shape index (κ1) is 11.8. The molecule has 2 heterocycles. The Morgan fingerprint density at radius 2 is 2.28 bits per heavy atom. The number of rotatable bonds is 1. The Labute approximate surface area is 108 Å². The maximum atomic E-state index is 10.6. The normalized spacial score (nSPS) is 32.3. The quantitative estimate of drug-likeness (QED) is 0.784. The van der Waals surface area contributed by atoms with Gasteiger partial charge >= 0.3 is 0 Å². The molecular weight excluding hydrogens is 228 g/mol. The van der Waals surface area contributed by atoms with E-state index in [-0.39, 0.29) is 0 Å². The van der Waals surface area contributed by atoms with E-state index in [9.17, 15) is 5.11 Å². The van der Waals surface area contributed by atoms with Crippen molar-refractivity contribution in [3.8, 4) is 0 Å². The molecule has 0 amide bonds. The van der Waals surface area contributed by atoms with Crippen LogP contribution >= 0.6 is 0 Å². The number of fused-ring (bicyclic) bond motifs is 1. The molecule has 2 fully saturated rings. The van der Waals surface area contributed by atoms with E-state index >= 15 is 0 Å². The van der Waals surface area contributed by atoms with Gasteiger partial charge in [-0.05, 0) is 19.3 Å². The SMILES string of the molecule is Cn1cc(N)c(N2CCC3(O)CCCCC3C2)n1. The highest BCUT2D eigenvalue weighted by atomic mass is 16.3. The fourth-order valence-electron chi connectivity index (χ4n) is 3.50. The van der Waals surface area contributed by atoms with Crippen LogP contribution in [-0.4, -0.2) is 33.6 Å². The Hall–Kier alpha value is -1.23. The molecule has 1 saturated carbocycles. The van der Waals surface area contributed by atoms with Crippen molar-refractivity contribution in [2.24, 2.45) is 13.0 Å². The molecular formula is C13H22N4O. The van der Waals surface area contributed by atoms with Crippen LogP contribution in [-0.2, 0) is 7.05 Å². The van der Waals surface area contributed by atoms with E-state index < -0.39 is 5.60 Å². The molecule has 2 aliphatic rings. The maximum absolute atomic E-state index is 10.6. The molecule has 18 heavy (non-hydrogen) atoms. The lowest BCUT2D eigenvalue weighted by Crippen LogP contribution is -2.53. The molecule has 0 spiro atoms. The van der Waals surface area contributed by atoms with Gasteiger partial charge in [-0.1, -0.05) is 12.8 Å². The number of aliphatic hydroxyl groups is 1. The summed E-state index contributed by atoms with van der Waals surface area (Å²) in [5.41, 5.74) is 6.29. The predicted octanol–water partition coefficient (Wildman–Crippen LogP) is 1.13. The fraction of sp³-hybridized carbons (Fsp3) is 0.769. The van der Waals surface area contributed by atoms with Gasteiger partial charge in [0.25, 0.3) is 0 Å². The highest BCUT2D eigenvalue weighted by molar-refractivity contribution is 5.62. The summed E-state index contributed by atoms with van der Waals surface area (Å²) >= 11 is 0. The van der Waals surface area contributed by atoms with E-state index in [0.717, 1.165) is 43.9 Å². The Morgan fingerprint density at radius 1 is 1.44 bits per heavy atom. The van der Waals surface area contributed by atoms with E-state index in [1.165, 1.54) is 12.8 Å². The first-order valence-electron chi connectivity index (χ1n) is 6.85. The minimum Gasteiger partial charge on any atom is -0.394 e. The lowest BCUT2D eigenvalue weighted by Gasteiger charge is -2.47. The van der Waals surface area contributed by atoms with E-state index in [2.05, 4.69) is 10.00 Å². The zero-order valence-electron chi connectivity index (χ0n) is 11.0. The van der Waals surface area contributed by atoms with Gasteiger partial charge in [0.2, 0.25) is 0 Å². The second-order valence-corrected chi connectivity index (χ2v) is 5.82. The van der Waals surface area contributed by atoms with Crippen LogP contribution in [0.1, 0.15) is 32.1 Å². The van der Waals surface area contributed by atoms with Gasteiger partial charge < -0.3 is 15.7 Å². The van der Waals surface area contributed by atoms with E-state index in [1.54, 1.807) is 4.68 Å². The third-order valence-corrected chi connectivity index (χ3v) is 4.56. The number of hydrogen-bond donors (Lipinski definition) is 2. The smallest absolute Gasteiger partial charge is 0.173 e. The summed E-state index contributed by atoms with van der Waals surface area (Å²) in [7, 11) is 1.89. The van der Waals surface area contributed by atoms with Crippen LogP contribution in [0.15, 0.2) is 6.20 Å². The van der Waals surface area contributed by atoms with Gasteiger partial charge in [-0.25, -0.2) is 0 Å². The summed E-state index contributed by atoms with van der Waals surface area (Å²) in [5, 5.41) is 15.1. The molecule has 1 saturated heterocycles. The van der Waals surface area contributed by atoms with Crippen molar-refractivity contribution in [1.29, 1.82) is 0 Å². The number of hydrogen-bond acceptors (Lipinski definition) is 4. The molecule has 2 atom stereocenters. The van der Waals surface area contributed by atoms with Gasteiger partial charge in [0.1, 0.15) is 0 Å². The number of nitrogens with zero attached hydrogens (tertiary/aromatic N) is 3. The summed E-state index contributed by atoms with van der Waals surface area (Å²) in [5.74, 6) is 1.26. The highest BCUT2D eigenvalue weighted by Crippen LogP contribution is 2.41. The lowest BCUT2D eigenvalue weighted by atomic mass is 9.71. The van der Waals surface area contributed by atoms with Crippen LogP contribution in [0, 0.1) is 5.92 Å². The van der Waals surface area contributed by atoms with Crippen molar-refractivity contribution in [3.63, 3.8) is 0 Å². The van der Waals surface area contributed by atoms with Gasteiger partial charge in [0, 0.05) is 32.3 Å². The Bertz CT molecular complexity index is 444. The second kappa shape index (κ2) is 4.16. The molecule has 2 unspecified atom stereocenters. The standard InChI is InChI=1S/C13H22N4O/c1-16-9-11(14)12(15-16)17-7-6-13(18)5-3-2-4-10(13)8-17/h9-10,18H,2-8,14H2,1H3. The number of aromatic nitrogens is 2. The van der Waals surface area contributed by atoms with Crippen molar-refractivity contribution in [3.05, 3.63) is 6.20 Å². The van der Waals surface area contributed by atoms with E-state index in [4.69, 9.17) is 5.73 Å². The highest BCUT2D eigenvalue weighted by Gasteiger charge is 2.43. The summed E-state index contributed by atoms with van der Waals surface area (Å²) in [4.78, 5) is 2.24.